The lowest BCUT2D eigenvalue weighted by molar-refractivity contribution is -0.143. The number of aromatic nitrogens is 3. The molecule has 1 aliphatic rings. The van der Waals surface area contributed by atoms with Crippen LogP contribution in [0.2, 0.25) is 0 Å². The van der Waals surface area contributed by atoms with Crippen LogP contribution in [0, 0.1) is 0 Å². The van der Waals surface area contributed by atoms with E-state index in [1.165, 1.54) is 4.90 Å². The summed E-state index contributed by atoms with van der Waals surface area (Å²) in [4.78, 5) is 5.93. The molecule has 7 nitrogen and oxygen atoms in total. The predicted octanol–water partition coefficient (Wildman–Crippen LogP) is 1.65. The molecule has 1 fully saturated rings. The first kappa shape index (κ1) is 22.9. The Morgan fingerprint density at radius 1 is 1.38 bits per heavy atom. The first-order chi connectivity index (χ1) is 11.9. The zero-order valence-electron chi connectivity index (χ0n) is 15.1. The van der Waals surface area contributed by atoms with E-state index in [9.17, 15) is 13.2 Å². The van der Waals surface area contributed by atoms with Gasteiger partial charge < -0.3 is 15.2 Å². The fraction of sp³-hybridized carbons (Fsp3) is 0.800. The number of hydrogen-bond donors (Lipinski definition) is 2. The van der Waals surface area contributed by atoms with Crippen LogP contribution in [0.15, 0.2) is 11.3 Å². The molecule has 2 rings (SSSR count). The smallest absolute Gasteiger partial charge is 0.357 e. The van der Waals surface area contributed by atoms with Crippen LogP contribution in [-0.4, -0.2) is 70.6 Å². The van der Waals surface area contributed by atoms with Gasteiger partial charge in [-0.15, -0.1) is 34.2 Å². The molecule has 0 amide bonds. The van der Waals surface area contributed by atoms with Gasteiger partial charge in [0.25, 0.3) is 0 Å². The number of nitrogens with one attached hydrogen (secondary N) is 2. The number of aryl methyl sites for hydroxylation is 1. The Morgan fingerprint density at radius 3 is 2.81 bits per heavy atom. The van der Waals surface area contributed by atoms with Crippen molar-refractivity contribution in [3.05, 3.63) is 12.2 Å². The second kappa shape index (κ2) is 10.9. The van der Waals surface area contributed by atoms with Gasteiger partial charge in [0.2, 0.25) is 0 Å². The molecule has 0 saturated carbocycles. The number of guanidine groups is 1. The van der Waals surface area contributed by atoms with Crippen LogP contribution in [0.1, 0.15) is 26.1 Å². The average molecular weight is 489 g/mol. The molecule has 0 radical (unpaired) electrons. The molecule has 1 aromatic rings. The van der Waals surface area contributed by atoms with Crippen molar-refractivity contribution in [2.75, 3.05) is 32.7 Å². The fourth-order valence-corrected chi connectivity index (χ4v) is 2.87. The van der Waals surface area contributed by atoms with Crippen LogP contribution in [0.25, 0.3) is 0 Å². The van der Waals surface area contributed by atoms with Crippen molar-refractivity contribution in [3.63, 3.8) is 0 Å². The number of aliphatic imine (C=N–C) groups is 1. The summed E-state index contributed by atoms with van der Waals surface area (Å²) in [5, 5.41) is 14.3. The Kier molecular flexibility index (Phi) is 9.61. The Balaban J connectivity index is 0.00000338. The summed E-state index contributed by atoms with van der Waals surface area (Å²) in [5.74, 6) is 1.54. The zero-order valence-corrected chi connectivity index (χ0v) is 17.4. The summed E-state index contributed by atoms with van der Waals surface area (Å²) in [6.07, 6.45) is -0.991. The van der Waals surface area contributed by atoms with E-state index in [0.29, 0.717) is 45.1 Å². The van der Waals surface area contributed by atoms with Gasteiger partial charge in [0.05, 0.1) is 13.1 Å². The van der Waals surface area contributed by atoms with Crippen LogP contribution in [0.5, 0.6) is 0 Å². The van der Waals surface area contributed by atoms with Crippen molar-refractivity contribution >= 4 is 29.9 Å². The van der Waals surface area contributed by atoms with Crippen molar-refractivity contribution in [1.82, 2.24) is 30.3 Å². The minimum absolute atomic E-state index is 0. The Labute approximate surface area is 168 Å². The lowest BCUT2D eigenvalue weighted by Crippen LogP contribution is -2.45. The van der Waals surface area contributed by atoms with Crippen LogP contribution in [-0.2, 0) is 13.0 Å². The Hall–Kier alpha value is -1.11. The fourth-order valence-electron chi connectivity index (χ4n) is 2.87. The molecule has 26 heavy (non-hydrogen) atoms. The molecule has 11 heteroatoms. The first-order valence-corrected chi connectivity index (χ1v) is 8.62. The van der Waals surface area contributed by atoms with Crippen LogP contribution in [0.4, 0.5) is 13.2 Å². The maximum atomic E-state index is 12.5. The molecule has 1 aliphatic heterocycles. The summed E-state index contributed by atoms with van der Waals surface area (Å²) in [6.45, 7) is 5.83. The van der Waals surface area contributed by atoms with Crippen molar-refractivity contribution < 1.29 is 13.2 Å². The highest BCUT2D eigenvalue weighted by molar-refractivity contribution is 14.0. The number of alkyl halides is 3. The van der Waals surface area contributed by atoms with Gasteiger partial charge in [0, 0.05) is 38.6 Å². The topological polar surface area (TPSA) is 70.4 Å². The van der Waals surface area contributed by atoms with Gasteiger partial charge in [-0.1, -0.05) is 6.92 Å². The van der Waals surface area contributed by atoms with E-state index in [-0.39, 0.29) is 30.0 Å². The monoisotopic (exact) mass is 489 g/mol. The normalized spacial score (nSPS) is 18.7. The lowest BCUT2D eigenvalue weighted by Gasteiger charge is -2.19. The third-order valence-corrected chi connectivity index (χ3v) is 3.98. The van der Waals surface area contributed by atoms with Crippen molar-refractivity contribution in [3.8, 4) is 0 Å². The first-order valence-electron chi connectivity index (χ1n) is 8.62. The Bertz CT molecular complexity index is 562. The van der Waals surface area contributed by atoms with E-state index in [1.54, 1.807) is 6.33 Å². The van der Waals surface area contributed by atoms with E-state index in [1.807, 2.05) is 18.4 Å². The van der Waals surface area contributed by atoms with Crippen molar-refractivity contribution in [2.45, 2.75) is 45.5 Å². The maximum Gasteiger partial charge on any atom is 0.401 e. The minimum atomic E-state index is -4.15. The molecule has 1 atom stereocenters. The van der Waals surface area contributed by atoms with E-state index in [2.05, 4.69) is 25.8 Å². The minimum Gasteiger partial charge on any atom is -0.357 e. The molecule has 1 saturated heterocycles. The highest BCUT2D eigenvalue weighted by Crippen LogP contribution is 2.19. The molecule has 150 valence electrons. The third kappa shape index (κ3) is 7.64. The lowest BCUT2D eigenvalue weighted by atomic mass is 10.3. The van der Waals surface area contributed by atoms with E-state index in [4.69, 9.17) is 0 Å². The van der Waals surface area contributed by atoms with Gasteiger partial charge in [0.1, 0.15) is 12.2 Å². The number of rotatable bonds is 7. The van der Waals surface area contributed by atoms with Crippen molar-refractivity contribution in [2.24, 2.45) is 4.99 Å². The average Bonchev–Trinajstić information content (AvgIpc) is 3.15. The number of likely N-dealkylation sites (tertiary alicyclic amines) is 1. The molecule has 0 spiro atoms. The third-order valence-electron chi connectivity index (χ3n) is 3.98. The van der Waals surface area contributed by atoms with E-state index >= 15 is 0 Å². The number of nitrogens with zero attached hydrogens (tertiary/aromatic N) is 5. The van der Waals surface area contributed by atoms with E-state index < -0.39 is 12.7 Å². The summed E-state index contributed by atoms with van der Waals surface area (Å²) in [7, 11) is 0. The highest BCUT2D eigenvalue weighted by atomic mass is 127. The second-order valence-corrected chi connectivity index (χ2v) is 6.04. The second-order valence-electron chi connectivity index (χ2n) is 6.04. The SMILES string of the molecule is CCNC(=NCCn1cnnc1CC)NC1CCN(CC(F)(F)F)C1.I. The summed E-state index contributed by atoms with van der Waals surface area (Å²) in [5.41, 5.74) is 0. The van der Waals surface area contributed by atoms with Gasteiger partial charge in [0.15, 0.2) is 5.96 Å². The molecule has 2 N–H and O–H groups in total. The van der Waals surface area contributed by atoms with Gasteiger partial charge >= 0.3 is 6.18 Å². The van der Waals surface area contributed by atoms with Gasteiger partial charge in [-0.25, -0.2) is 0 Å². The molecule has 1 unspecified atom stereocenters. The van der Waals surface area contributed by atoms with Crippen LogP contribution >= 0.6 is 24.0 Å². The van der Waals surface area contributed by atoms with Crippen LogP contribution in [0.3, 0.4) is 0 Å². The predicted molar refractivity (Wildman–Crippen MR) is 105 cm³/mol. The largest absolute Gasteiger partial charge is 0.401 e. The molecular formula is C15H27F3IN7. The molecular weight excluding hydrogens is 462 g/mol. The van der Waals surface area contributed by atoms with Crippen LogP contribution < -0.4 is 10.6 Å². The summed E-state index contributed by atoms with van der Waals surface area (Å²) >= 11 is 0. The Morgan fingerprint density at radius 2 is 2.15 bits per heavy atom. The van der Waals surface area contributed by atoms with Crippen molar-refractivity contribution in [1.29, 1.82) is 0 Å². The quantitative estimate of drug-likeness (QED) is 0.347. The molecule has 0 bridgehead atoms. The van der Waals surface area contributed by atoms with Gasteiger partial charge in [-0.05, 0) is 13.3 Å². The standard InChI is InChI=1S/C15H26F3N7.HI/c1-3-13-23-21-11-25(13)8-6-20-14(19-4-2)22-12-5-7-24(9-12)10-15(16,17)18;/h11-12H,3-10H2,1-2H3,(H2,19,20,22);1H. The van der Waals surface area contributed by atoms with Gasteiger partial charge in [-0.2, -0.15) is 13.2 Å². The summed E-state index contributed by atoms with van der Waals surface area (Å²) in [6, 6.07) is -0.0266. The molecule has 0 aliphatic carbocycles. The molecule has 1 aromatic heterocycles. The summed E-state index contributed by atoms with van der Waals surface area (Å²) < 4.78 is 39.4. The maximum absolute atomic E-state index is 12.5. The number of halogens is 4. The van der Waals surface area contributed by atoms with Gasteiger partial charge in [-0.3, -0.25) is 9.89 Å². The zero-order chi connectivity index (χ0) is 18.3. The van der Waals surface area contributed by atoms with E-state index in [0.717, 1.165) is 12.2 Å². The highest BCUT2D eigenvalue weighted by Gasteiger charge is 2.34. The molecule has 0 aromatic carbocycles. The molecule has 2 heterocycles. The number of hydrogen-bond acceptors (Lipinski definition) is 4.